The van der Waals surface area contributed by atoms with E-state index >= 15 is 0 Å². The molecule has 1 heterocycles. The van der Waals surface area contributed by atoms with Crippen molar-refractivity contribution >= 4 is 29.3 Å². The van der Waals surface area contributed by atoms with Gasteiger partial charge < -0.3 is 25.1 Å². The first-order valence-electron chi connectivity index (χ1n) is 13.7. The van der Waals surface area contributed by atoms with Gasteiger partial charge >= 0.3 is 5.97 Å². The molecule has 0 unspecified atom stereocenters. The third kappa shape index (κ3) is 8.90. The van der Waals surface area contributed by atoms with E-state index in [1.54, 1.807) is 29.8 Å². The molecular formula is C31H39ClN4O5. The number of nitrogens with one attached hydrogen (secondary N) is 1. The Balaban J connectivity index is 1.75. The number of benzene rings is 2. The Labute approximate surface area is 246 Å². The van der Waals surface area contributed by atoms with Gasteiger partial charge in [0.1, 0.15) is 11.8 Å². The van der Waals surface area contributed by atoms with E-state index in [0.29, 0.717) is 40.7 Å². The van der Waals surface area contributed by atoms with Crippen LogP contribution in [0.5, 0.6) is 5.75 Å². The van der Waals surface area contributed by atoms with Crippen LogP contribution >= 0.6 is 11.6 Å². The van der Waals surface area contributed by atoms with E-state index in [9.17, 15) is 14.4 Å². The molecule has 0 bridgehead atoms. The molecule has 0 aliphatic rings. The Morgan fingerprint density at radius 1 is 1.07 bits per heavy atom. The largest absolute Gasteiger partial charge is 0.489 e. The molecular weight excluding hydrogens is 544 g/mol. The zero-order chi connectivity index (χ0) is 30.3. The Morgan fingerprint density at radius 3 is 2.32 bits per heavy atom. The van der Waals surface area contributed by atoms with E-state index in [4.69, 9.17) is 26.8 Å². The Hall–Kier alpha value is -3.69. The number of amides is 1. The lowest BCUT2D eigenvalue weighted by Crippen LogP contribution is -2.39. The molecule has 0 fully saturated rings. The second kappa shape index (κ2) is 14.3. The minimum atomic E-state index is -0.709. The number of nitrogens with zero attached hydrogens (tertiary/aromatic N) is 2. The zero-order valence-electron chi connectivity index (χ0n) is 24.4. The van der Waals surface area contributed by atoms with Crippen molar-refractivity contribution in [1.29, 1.82) is 0 Å². The van der Waals surface area contributed by atoms with Crippen molar-refractivity contribution in [3.63, 3.8) is 0 Å². The highest BCUT2D eigenvalue weighted by Gasteiger charge is 2.21. The number of carbonyl (C=O) groups excluding carboxylic acids is 3. The molecule has 1 amide bonds. The minimum Gasteiger partial charge on any atom is -0.489 e. The summed E-state index contributed by atoms with van der Waals surface area (Å²) in [6.45, 7) is 9.09. The molecule has 3 aromatic rings. The van der Waals surface area contributed by atoms with Crippen LogP contribution in [0.2, 0.25) is 5.02 Å². The molecule has 0 saturated carbocycles. The van der Waals surface area contributed by atoms with E-state index in [1.165, 1.54) is 6.92 Å². The first kappa shape index (κ1) is 31.8. The summed E-state index contributed by atoms with van der Waals surface area (Å²) in [6.07, 6.45) is 2.63. The maximum absolute atomic E-state index is 13.2. The first-order valence-corrected chi connectivity index (χ1v) is 14.1. The second-order valence-corrected chi connectivity index (χ2v) is 11.1. The number of halogens is 1. The first-order chi connectivity index (χ1) is 19.3. The van der Waals surface area contributed by atoms with Gasteiger partial charge in [-0.2, -0.15) is 0 Å². The number of carbonyl (C=O) groups is 3. The smallest absolute Gasteiger partial charge is 0.323 e. The summed E-state index contributed by atoms with van der Waals surface area (Å²) in [6, 6.07) is 11.6. The number of hydrogen-bond acceptors (Lipinski definition) is 7. The number of Topliss-reactive ketones (excluding diaryl/α,β-unsaturated/α-hetero) is 1. The van der Waals surface area contributed by atoms with Crippen molar-refractivity contribution in [2.24, 2.45) is 18.7 Å². The molecule has 2 aromatic carbocycles. The third-order valence-corrected chi connectivity index (χ3v) is 6.81. The van der Waals surface area contributed by atoms with Gasteiger partial charge in [-0.1, -0.05) is 49.7 Å². The monoisotopic (exact) mass is 582 g/mol. The van der Waals surface area contributed by atoms with Gasteiger partial charge in [0.2, 0.25) is 0 Å². The predicted octanol–water partition coefficient (Wildman–Crippen LogP) is 4.99. The van der Waals surface area contributed by atoms with Crippen molar-refractivity contribution in [1.82, 2.24) is 14.9 Å². The van der Waals surface area contributed by atoms with Gasteiger partial charge in [-0.3, -0.25) is 14.4 Å². The summed E-state index contributed by atoms with van der Waals surface area (Å²) in [5.74, 6) is -0.0293. The normalized spacial score (nSPS) is 12.7. The topological polar surface area (TPSA) is 126 Å². The van der Waals surface area contributed by atoms with Crippen molar-refractivity contribution < 1.29 is 23.9 Å². The van der Waals surface area contributed by atoms with Crippen LogP contribution in [0.4, 0.5) is 0 Å². The van der Waals surface area contributed by atoms with Crippen LogP contribution < -0.4 is 15.8 Å². The van der Waals surface area contributed by atoms with Gasteiger partial charge in [0.15, 0.2) is 11.6 Å². The van der Waals surface area contributed by atoms with Crippen LogP contribution in [0, 0.1) is 5.92 Å². The van der Waals surface area contributed by atoms with Gasteiger partial charge in [-0.25, -0.2) is 4.98 Å². The number of aryl methyl sites for hydroxylation is 1. The number of rotatable bonds is 13. The Kier molecular flexibility index (Phi) is 11.1. The molecule has 220 valence electrons. The molecule has 3 rings (SSSR count). The molecule has 0 radical (unpaired) electrons. The number of nitrogens with two attached hydrogens (primary N) is 1. The maximum Gasteiger partial charge on any atom is 0.323 e. The van der Waals surface area contributed by atoms with Crippen LogP contribution in [-0.4, -0.2) is 52.0 Å². The highest BCUT2D eigenvalue weighted by atomic mass is 35.5. The quantitative estimate of drug-likeness (QED) is 0.215. The fraction of sp³-hybridized carbons (Fsp3) is 0.419. The highest BCUT2D eigenvalue weighted by molar-refractivity contribution is 6.32. The number of imidazole rings is 1. The van der Waals surface area contributed by atoms with Crippen LogP contribution in [0.1, 0.15) is 67.6 Å². The molecule has 2 atom stereocenters. The molecule has 0 aliphatic carbocycles. The predicted molar refractivity (Wildman–Crippen MR) is 159 cm³/mol. The SMILES string of the molecule is CC(=O)c1nc(-c2ccc(C[C@@H](CCOC(=O)[C@@H](N)C(C)C)NC(=O)c3ccc(OC(C)C)c(Cl)c3)cc2)cn1C. The van der Waals surface area contributed by atoms with Gasteiger partial charge in [0.25, 0.3) is 5.91 Å². The van der Waals surface area contributed by atoms with Gasteiger partial charge in [-0.05, 0) is 49.9 Å². The highest BCUT2D eigenvalue weighted by Crippen LogP contribution is 2.27. The lowest BCUT2D eigenvalue weighted by Gasteiger charge is -2.21. The fourth-order valence-corrected chi connectivity index (χ4v) is 4.41. The summed E-state index contributed by atoms with van der Waals surface area (Å²) >= 11 is 6.35. The summed E-state index contributed by atoms with van der Waals surface area (Å²) in [5, 5.41) is 3.40. The minimum absolute atomic E-state index is 0.0467. The molecule has 3 N–H and O–H groups in total. The van der Waals surface area contributed by atoms with Crippen molar-refractivity contribution in [3.05, 3.63) is 70.6 Å². The molecule has 9 nitrogen and oxygen atoms in total. The Bertz CT molecular complexity index is 1370. The van der Waals surface area contributed by atoms with Crippen LogP contribution in [0.15, 0.2) is 48.7 Å². The van der Waals surface area contributed by atoms with Crippen LogP contribution in [0.3, 0.4) is 0 Å². The van der Waals surface area contributed by atoms with Crippen LogP contribution in [-0.2, 0) is 23.0 Å². The lowest BCUT2D eigenvalue weighted by molar-refractivity contribution is -0.146. The van der Waals surface area contributed by atoms with E-state index in [0.717, 1.165) is 11.1 Å². The fourth-order valence-electron chi connectivity index (χ4n) is 4.18. The van der Waals surface area contributed by atoms with Gasteiger partial charge in [0.05, 0.1) is 23.4 Å². The number of ketones is 1. The van der Waals surface area contributed by atoms with E-state index in [1.807, 2.05) is 58.2 Å². The molecule has 1 aromatic heterocycles. The van der Waals surface area contributed by atoms with E-state index < -0.39 is 12.0 Å². The van der Waals surface area contributed by atoms with Gasteiger partial charge in [0, 0.05) is 43.8 Å². The number of hydrogen-bond donors (Lipinski definition) is 2. The summed E-state index contributed by atoms with van der Waals surface area (Å²) in [4.78, 5) is 41.7. The molecule has 0 aliphatic heterocycles. The summed E-state index contributed by atoms with van der Waals surface area (Å²) < 4.78 is 12.8. The molecule has 0 saturated heterocycles. The third-order valence-electron chi connectivity index (χ3n) is 6.52. The van der Waals surface area contributed by atoms with E-state index in [2.05, 4.69) is 10.3 Å². The average molecular weight is 583 g/mol. The lowest BCUT2D eigenvalue weighted by atomic mass is 10.0. The molecule has 0 spiro atoms. The number of aromatic nitrogens is 2. The average Bonchev–Trinajstić information content (AvgIpc) is 3.31. The number of ether oxygens (including phenoxy) is 2. The molecule has 41 heavy (non-hydrogen) atoms. The summed E-state index contributed by atoms with van der Waals surface area (Å²) in [5.41, 5.74) is 8.83. The van der Waals surface area contributed by atoms with Gasteiger partial charge in [-0.15, -0.1) is 0 Å². The van der Waals surface area contributed by atoms with E-state index in [-0.39, 0.29) is 36.4 Å². The Morgan fingerprint density at radius 2 is 1.76 bits per heavy atom. The zero-order valence-corrected chi connectivity index (χ0v) is 25.2. The maximum atomic E-state index is 13.2. The standard InChI is InChI=1S/C31H39ClN4O5/c1-18(2)28(33)31(39)40-14-13-24(34-30(38)23-11-12-27(25(32)16-23)41-19(3)4)15-21-7-9-22(10-8-21)26-17-36(6)29(35-26)20(5)37/h7-12,16-19,24,28H,13-15,33H2,1-6H3,(H,34,38)/t24-,28+/m1/s1. The van der Waals surface area contributed by atoms with Crippen molar-refractivity contribution in [3.8, 4) is 17.0 Å². The molecule has 10 heteroatoms. The van der Waals surface area contributed by atoms with Crippen molar-refractivity contribution in [2.45, 2.75) is 65.6 Å². The second-order valence-electron chi connectivity index (χ2n) is 10.7. The van der Waals surface area contributed by atoms with Crippen molar-refractivity contribution in [2.75, 3.05) is 6.61 Å². The summed E-state index contributed by atoms with van der Waals surface area (Å²) in [7, 11) is 1.79. The van der Waals surface area contributed by atoms with Crippen LogP contribution in [0.25, 0.3) is 11.3 Å². The number of esters is 1.